The highest BCUT2D eigenvalue weighted by Crippen LogP contribution is 2.22. The first-order valence-corrected chi connectivity index (χ1v) is 5.60. The summed E-state index contributed by atoms with van der Waals surface area (Å²) in [5.74, 6) is 0.918. The molecule has 0 spiro atoms. The highest BCUT2D eigenvalue weighted by atomic mass is 16.5. The van der Waals surface area contributed by atoms with Crippen molar-refractivity contribution in [3.8, 4) is 11.4 Å². The van der Waals surface area contributed by atoms with Crippen LogP contribution in [-0.4, -0.2) is 23.3 Å². The monoisotopic (exact) mass is 231 g/mol. The molecule has 2 N–H and O–H groups in total. The van der Waals surface area contributed by atoms with Crippen LogP contribution in [0.1, 0.15) is 13.0 Å². The number of nitrogen functional groups attached to an aromatic ring is 1. The van der Waals surface area contributed by atoms with Crippen LogP contribution in [0.25, 0.3) is 11.4 Å². The Labute approximate surface area is 101 Å². The van der Waals surface area contributed by atoms with Gasteiger partial charge < -0.3 is 15.0 Å². The number of ether oxygens (including phenoxy) is 1. The topological polar surface area (TPSA) is 53.1 Å². The Morgan fingerprint density at radius 2 is 2.29 bits per heavy atom. The summed E-state index contributed by atoms with van der Waals surface area (Å²) in [6, 6.07) is 7.99. The van der Waals surface area contributed by atoms with Crippen LogP contribution in [0.3, 0.4) is 0 Å². The van der Waals surface area contributed by atoms with E-state index in [1.54, 1.807) is 13.3 Å². The van der Waals surface area contributed by atoms with Crippen LogP contribution >= 0.6 is 0 Å². The Morgan fingerprint density at radius 3 is 3.00 bits per heavy atom. The second-order valence-electron chi connectivity index (χ2n) is 4.09. The summed E-state index contributed by atoms with van der Waals surface area (Å²) in [5.41, 5.74) is 7.56. The molecule has 0 radical (unpaired) electrons. The van der Waals surface area contributed by atoms with Gasteiger partial charge in [-0.15, -0.1) is 0 Å². The molecule has 0 aliphatic rings. The standard InChI is InChI=1S/C13H17N3O/c1-10(9-17-2)16-7-6-15-13(16)11-4-3-5-12(14)8-11/h3-8,10H,9,14H2,1-2H3. The van der Waals surface area contributed by atoms with Crippen molar-refractivity contribution in [2.75, 3.05) is 19.5 Å². The first-order chi connectivity index (χ1) is 8.22. The summed E-state index contributed by atoms with van der Waals surface area (Å²) < 4.78 is 7.26. The molecule has 1 atom stereocenters. The van der Waals surface area contributed by atoms with E-state index < -0.39 is 0 Å². The Hall–Kier alpha value is -1.81. The molecule has 1 aromatic heterocycles. The van der Waals surface area contributed by atoms with Gasteiger partial charge in [0, 0.05) is 30.8 Å². The number of benzene rings is 1. The fourth-order valence-electron chi connectivity index (χ4n) is 1.89. The number of methoxy groups -OCH3 is 1. The van der Waals surface area contributed by atoms with Crippen molar-refractivity contribution >= 4 is 5.69 Å². The van der Waals surface area contributed by atoms with Crippen LogP contribution in [0.2, 0.25) is 0 Å². The van der Waals surface area contributed by atoms with Gasteiger partial charge >= 0.3 is 0 Å². The zero-order valence-corrected chi connectivity index (χ0v) is 10.1. The van der Waals surface area contributed by atoms with E-state index in [9.17, 15) is 0 Å². The molecular weight excluding hydrogens is 214 g/mol. The largest absolute Gasteiger partial charge is 0.399 e. The highest BCUT2D eigenvalue weighted by molar-refractivity contribution is 5.61. The molecule has 1 unspecified atom stereocenters. The van der Waals surface area contributed by atoms with E-state index in [1.165, 1.54) is 0 Å². The minimum absolute atomic E-state index is 0.249. The van der Waals surface area contributed by atoms with Crippen LogP contribution < -0.4 is 5.73 Å². The fraction of sp³-hybridized carbons (Fsp3) is 0.308. The average molecular weight is 231 g/mol. The Morgan fingerprint density at radius 1 is 1.47 bits per heavy atom. The number of anilines is 1. The molecule has 90 valence electrons. The molecule has 4 nitrogen and oxygen atoms in total. The second-order valence-corrected chi connectivity index (χ2v) is 4.09. The highest BCUT2D eigenvalue weighted by Gasteiger charge is 2.11. The second kappa shape index (κ2) is 5.01. The van der Waals surface area contributed by atoms with Crippen LogP contribution in [0.15, 0.2) is 36.7 Å². The van der Waals surface area contributed by atoms with Crippen LogP contribution in [0.5, 0.6) is 0 Å². The van der Waals surface area contributed by atoms with Gasteiger partial charge in [0.05, 0.1) is 12.6 Å². The Bertz CT molecular complexity index is 493. The van der Waals surface area contributed by atoms with Crippen LogP contribution in [0, 0.1) is 0 Å². The molecule has 17 heavy (non-hydrogen) atoms. The van der Waals surface area contributed by atoms with Crippen molar-refractivity contribution in [3.05, 3.63) is 36.7 Å². The summed E-state index contributed by atoms with van der Waals surface area (Å²) in [6.45, 7) is 2.76. The van der Waals surface area contributed by atoms with Crippen molar-refractivity contribution in [2.45, 2.75) is 13.0 Å². The van der Waals surface area contributed by atoms with Gasteiger partial charge in [0.1, 0.15) is 5.82 Å². The van der Waals surface area contributed by atoms with E-state index in [1.807, 2.05) is 30.5 Å². The van der Waals surface area contributed by atoms with Crippen LogP contribution in [0.4, 0.5) is 5.69 Å². The van der Waals surface area contributed by atoms with Gasteiger partial charge in [-0.2, -0.15) is 0 Å². The Kier molecular flexibility index (Phi) is 3.44. The van der Waals surface area contributed by atoms with Crippen molar-refractivity contribution < 1.29 is 4.74 Å². The maximum Gasteiger partial charge on any atom is 0.140 e. The minimum atomic E-state index is 0.249. The van der Waals surface area contributed by atoms with Crippen molar-refractivity contribution in [1.29, 1.82) is 0 Å². The minimum Gasteiger partial charge on any atom is -0.399 e. The van der Waals surface area contributed by atoms with Gasteiger partial charge in [0.25, 0.3) is 0 Å². The predicted molar refractivity (Wildman–Crippen MR) is 68.7 cm³/mol. The summed E-state index contributed by atoms with van der Waals surface area (Å²) in [6.07, 6.45) is 3.76. The third kappa shape index (κ3) is 2.47. The van der Waals surface area contributed by atoms with Gasteiger partial charge in [-0.05, 0) is 19.1 Å². The first-order valence-electron chi connectivity index (χ1n) is 5.60. The molecule has 1 aromatic carbocycles. The molecule has 0 aliphatic heterocycles. The van der Waals surface area contributed by atoms with E-state index in [4.69, 9.17) is 10.5 Å². The predicted octanol–water partition coefficient (Wildman–Crippen LogP) is 2.34. The molecule has 2 aromatic rings. The molecule has 0 aliphatic carbocycles. The molecule has 2 rings (SSSR count). The van der Waals surface area contributed by atoms with Crippen molar-refractivity contribution in [3.63, 3.8) is 0 Å². The van der Waals surface area contributed by atoms with E-state index >= 15 is 0 Å². The van der Waals surface area contributed by atoms with Gasteiger partial charge in [-0.25, -0.2) is 4.98 Å². The smallest absolute Gasteiger partial charge is 0.140 e. The maximum absolute atomic E-state index is 5.79. The van der Waals surface area contributed by atoms with Crippen molar-refractivity contribution in [1.82, 2.24) is 9.55 Å². The number of nitrogens with zero attached hydrogens (tertiary/aromatic N) is 2. The SMILES string of the molecule is COCC(C)n1ccnc1-c1cccc(N)c1. The number of hydrogen-bond acceptors (Lipinski definition) is 3. The van der Waals surface area contributed by atoms with Crippen molar-refractivity contribution in [2.24, 2.45) is 0 Å². The molecule has 0 saturated carbocycles. The molecule has 1 heterocycles. The number of aromatic nitrogens is 2. The normalized spacial score (nSPS) is 12.6. The molecule has 0 amide bonds. The van der Waals surface area contributed by atoms with Gasteiger partial charge in [-0.3, -0.25) is 0 Å². The number of imidazole rings is 1. The molecule has 0 bridgehead atoms. The van der Waals surface area contributed by atoms with E-state index in [2.05, 4.69) is 16.5 Å². The molecule has 0 fully saturated rings. The summed E-state index contributed by atoms with van der Waals surface area (Å²) >= 11 is 0. The zero-order chi connectivity index (χ0) is 12.3. The number of rotatable bonds is 4. The Balaban J connectivity index is 2.36. The van der Waals surface area contributed by atoms with Gasteiger partial charge in [0.15, 0.2) is 0 Å². The maximum atomic E-state index is 5.79. The van der Waals surface area contributed by atoms with Crippen LogP contribution in [-0.2, 0) is 4.74 Å². The van der Waals surface area contributed by atoms with E-state index in [-0.39, 0.29) is 6.04 Å². The first kappa shape index (κ1) is 11.7. The lowest BCUT2D eigenvalue weighted by Gasteiger charge is -2.15. The van der Waals surface area contributed by atoms with Gasteiger partial charge in [0.2, 0.25) is 0 Å². The lowest BCUT2D eigenvalue weighted by Crippen LogP contribution is -2.11. The lowest BCUT2D eigenvalue weighted by molar-refractivity contribution is 0.163. The number of nitrogens with two attached hydrogens (primary N) is 1. The number of hydrogen-bond donors (Lipinski definition) is 1. The van der Waals surface area contributed by atoms with Gasteiger partial charge in [-0.1, -0.05) is 12.1 Å². The summed E-state index contributed by atoms with van der Waals surface area (Å²) in [7, 11) is 1.70. The van der Waals surface area contributed by atoms with E-state index in [0.29, 0.717) is 6.61 Å². The lowest BCUT2D eigenvalue weighted by atomic mass is 10.2. The third-order valence-corrected chi connectivity index (χ3v) is 2.70. The quantitative estimate of drug-likeness (QED) is 0.822. The summed E-state index contributed by atoms with van der Waals surface area (Å²) in [4.78, 5) is 4.38. The fourth-order valence-corrected chi connectivity index (χ4v) is 1.89. The third-order valence-electron chi connectivity index (χ3n) is 2.70. The average Bonchev–Trinajstić information content (AvgIpc) is 2.78. The zero-order valence-electron chi connectivity index (χ0n) is 10.1. The summed E-state index contributed by atoms with van der Waals surface area (Å²) in [5, 5.41) is 0. The molecule has 0 saturated heterocycles. The molecular formula is C13H17N3O. The van der Waals surface area contributed by atoms with E-state index in [0.717, 1.165) is 17.1 Å². The molecule has 4 heteroatoms.